The lowest BCUT2D eigenvalue weighted by Crippen LogP contribution is -2.37. The van der Waals surface area contributed by atoms with Gasteiger partial charge in [-0.05, 0) is 44.9 Å². The second kappa shape index (κ2) is 8.40. The molecular formula is C18H24Cl2N4O4S2. The van der Waals surface area contributed by atoms with Gasteiger partial charge in [0, 0.05) is 38.2 Å². The molecule has 166 valence electrons. The average molecular weight is 495 g/mol. The van der Waals surface area contributed by atoms with E-state index in [9.17, 15) is 16.8 Å². The van der Waals surface area contributed by atoms with Gasteiger partial charge >= 0.3 is 0 Å². The van der Waals surface area contributed by atoms with Crippen molar-refractivity contribution in [2.45, 2.75) is 37.0 Å². The number of hydrogen-bond acceptors (Lipinski definition) is 5. The first-order chi connectivity index (χ1) is 13.9. The quantitative estimate of drug-likeness (QED) is 0.651. The van der Waals surface area contributed by atoms with Crippen LogP contribution in [0.1, 0.15) is 23.4 Å². The van der Waals surface area contributed by atoms with Crippen molar-refractivity contribution in [1.82, 2.24) is 18.4 Å². The Hall–Kier alpha value is -1.17. The van der Waals surface area contributed by atoms with Crippen LogP contribution in [-0.2, 0) is 27.1 Å². The van der Waals surface area contributed by atoms with E-state index in [1.54, 1.807) is 27.8 Å². The van der Waals surface area contributed by atoms with Crippen LogP contribution in [0.15, 0.2) is 21.9 Å². The van der Waals surface area contributed by atoms with E-state index in [1.165, 1.54) is 25.4 Å². The second-order valence-electron chi connectivity index (χ2n) is 7.32. The third-order valence-corrected chi connectivity index (χ3v) is 10.2. The lowest BCUT2D eigenvalue weighted by Gasteiger charge is -2.22. The number of rotatable bonds is 4. The highest BCUT2D eigenvalue weighted by molar-refractivity contribution is 7.89. The van der Waals surface area contributed by atoms with Crippen LogP contribution in [-0.4, -0.2) is 61.4 Å². The Morgan fingerprint density at radius 3 is 1.97 bits per heavy atom. The third-order valence-electron chi connectivity index (χ3n) is 5.29. The van der Waals surface area contributed by atoms with E-state index in [-0.39, 0.29) is 41.0 Å². The van der Waals surface area contributed by atoms with Crippen LogP contribution in [0.3, 0.4) is 0 Å². The predicted molar refractivity (Wildman–Crippen MR) is 116 cm³/mol. The van der Waals surface area contributed by atoms with Crippen molar-refractivity contribution in [1.29, 1.82) is 0 Å². The topological polar surface area (TPSA) is 92.6 Å². The van der Waals surface area contributed by atoms with E-state index < -0.39 is 20.0 Å². The molecule has 0 N–H and O–H groups in total. The number of halogens is 2. The molecule has 0 radical (unpaired) electrons. The first-order valence-corrected chi connectivity index (χ1v) is 13.0. The number of aryl methyl sites for hydroxylation is 3. The monoisotopic (exact) mass is 494 g/mol. The summed E-state index contributed by atoms with van der Waals surface area (Å²) in [7, 11) is -6.00. The molecule has 3 rings (SSSR count). The lowest BCUT2D eigenvalue weighted by atomic mass is 10.2. The number of aromatic nitrogens is 2. The molecule has 1 saturated heterocycles. The molecule has 1 aromatic heterocycles. The van der Waals surface area contributed by atoms with Crippen molar-refractivity contribution < 1.29 is 16.8 Å². The Kier molecular flexibility index (Phi) is 6.58. The third kappa shape index (κ3) is 4.13. The van der Waals surface area contributed by atoms with E-state index in [0.29, 0.717) is 28.4 Å². The molecule has 0 spiro atoms. The molecule has 1 aliphatic heterocycles. The van der Waals surface area contributed by atoms with Gasteiger partial charge < -0.3 is 0 Å². The second-order valence-corrected chi connectivity index (χ2v) is 11.9. The fourth-order valence-corrected chi connectivity index (χ4v) is 7.72. The summed E-state index contributed by atoms with van der Waals surface area (Å²) in [5.74, 6) is 0. The van der Waals surface area contributed by atoms with Gasteiger partial charge in [0.2, 0.25) is 20.0 Å². The average Bonchev–Trinajstić information content (AvgIpc) is 2.82. The zero-order valence-corrected chi connectivity index (χ0v) is 20.3. The number of benzene rings is 1. The van der Waals surface area contributed by atoms with Crippen LogP contribution in [0.25, 0.3) is 0 Å². The summed E-state index contributed by atoms with van der Waals surface area (Å²) in [6.07, 6.45) is 0.362. The Labute approximate surface area is 187 Å². The van der Waals surface area contributed by atoms with Crippen molar-refractivity contribution in [2.75, 3.05) is 26.2 Å². The van der Waals surface area contributed by atoms with E-state index in [2.05, 4.69) is 5.10 Å². The summed E-state index contributed by atoms with van der Waals surface area (Å²) >= 11 is 12.2. The maximum atomic E-state index is 13.2. The molecule has 0 atom stereocenters. The molecule has 0 bridgehead atoms. The molecule has 0 aliphatic carbocycles. The minimum Gasteiger partial charge on any atom is -0.271 e. The zero-order chi connectivity index (χ0) is 22.4. The normalized spacial score (nSPS) is 17.3. The molecule has 0 amide bonds. The van der Waals surface area contributed by atoms with Gasteiger partial charge in [-0.2, -0.15) is 13.7 Å². The molecule has 8 nitrogen and oxygen atoms in total. The van der Waals surface area contributed by atoms with Crippen LogP contribution in [0.2, 0.25) is 10.0 Å². The highest BCUT2D eigenvalue weighted by atomic mass is 35.5. The van der Waals surface area contributed by atoms with Gasteiger partial charge in [-0.3, -0.25) is 4.68 Å². The summed E-state index contributed by atoms with van der Waals surface area (Å²) in [5, 5.41) is 4.62. The minimum absolute atomic E-state index is 0.0257. The highest BCUT2D eigenvalue weighted by Crippen LogP contribution is 2.31. The maximum absolute atomic E-state index is 13.2. The molecule has 12 heteroatoms. The molecule has 0 saturated carbocycles. The molecule has 30 heavy (non-hydrogen) atoms. The highest BCUT2D eigenvalue weighted by Gasteiger charge is 2.35. The van der Waals surface area contributed by atoms with Gasteiger partial charge in [-0.15, -0.1) is 0 Å². The van der Waals surface area contributed by atoms with E-state index in [0.717, 1.165) is 0 Å². The van der Waals surface area contributed by atoms with Gasteiger partial charge in [0.1, 0.15) is 9.79 Å². The molecule has 2 heterocycles. The summed E-state index contributed by atoms with van der Waals surface area (Å²) in [6.45, 7) is 5.53. The first-order valence-electron chi connectivity index (χ1n) is 9.33. The molecule has 0 unspecified atom stereocenters. The van der Waals surface area contributed by atoms with Crippen LogP contribution in [0.4, 0.5) is 0 Å². The smallest absolute Gasteiger partial charge is 0.246 e. The van der Waals surface area contributed by atoms with Crippen molar-refractivity contribution in [3.63, 3.8) is 0 Å². The maximum Gasteiger partial charge on any atom is 0.246 e. The van der Waals surface area contributed by atoms with Crippen LogP contribution in [0, 0.1) is 20.8 Å². The van der Waals surface area contributed by atoms with Crippen molar-refractivity contribution >= 4 is 43.2 Å². The molecule has 1 aromatic carbocycles. The van der Waals surface area contributed by atoms with Crippen LogP contribution in [0.5, 0.6) is 0 Å². The fourth-order valence-electron chi connectivity index (χ4n) is 3.57. The van der Waals surface area contributed by atoms with Gasteiger partial charge in [0.25, 0.3) is 0 Å². The lowest BCUT2D eigenvalue weighted by molar-refractivity contribution is 0.404. The standard InChI is InChI=1S/C18H24Cl2N4O4S2/c1-12-10-17(16(20)11-15(12)19)29(25,26)23-6-5-7-24(9-8-23)30(27,28)18-13(2)21-22(4)14(18)3/h10-11H,5-9H2,1-4H3. The summed E-state index contributed by atoms with van der Waals surface area (Å²) in [4.78, 5) is 0.152. The Morgan fingerprint density at radius 2 is 1.43 bits per heavy atom. The van der Waals surface area contributed by atoms with Crippen molar-refractivity contribution in [2.24, 2.45) is 7.05 Å². The molecule has 1 aliphatic rings. The first kappa shape index (κ1) is 23.5. The van der Waals surface area contributed by atoms with Crippen LogP contribution < -0.4 is 0 Å². The van der Waals surface area contributed by atoms with Crippen molar-refractivity contribution in [3.05, 3.63) is 39.1 Å². The zero-order valence-electron chi connectivity index (χ0n) is 17.2. The van der Waals surface area contributed by atoms with E-state index in [1.807, 2.05) is 0 Å². The van der Waals surface area contributed by atoms with E-state index >= 15 is 0 Å². The van der Waals surface area contributed by atoms with Crippen molar-refractivity contribution in [3.8, 4) is 0 Å². The molecule has 2 aromatic rings. The van der Waals surface area contributed by atoms with Gasteiger partial charge in [0.15, 0.2) is 0 Å². The minimum atomic E-state index is -3.90. The number of nitrogens with zero attached hydrogens (tertiary/aromatic N) is 4. The number of hydrogen-bond donors (Lipinski definition) is 0. The summed E-state index contributed by atoms with van der Waals surface area (Å²) < 4.78 is 56.9. The largest absolute Gasteiger partial charge is 0.271 e. The van der Waals surface area contributed by atoms with E-state index in [4.69, 9.17) is 23.2 Å². The summed E-state index contributed by atoms with van der Waals surface area (Å²) in [6, 6.07) is 2.86. The van der Waals surface area contributed by atoms with Gasteiger partial charge in [-0.1, -0.05) is 23.2 Å². The fraction of sp³-hybridized carbons (Fsp3) is 0.500. The summed E-state index contributed by atoms with van der Waals surface area (Å²) in [5.41, 5.74) is 1.57. The van der Waals surface area contributed by atoms with Gasteiger partial charge in [0.05, 0.1) is 16.4 Å². The molecule has 1 fully saturated rings. The van der Waals surface area contributed by atoms with Crippen LogP contribution >= 0.6 is 23.2 Å². The SMILES string of the molecule is Cc1cc(S(=O)(=O)N2CCCN(S(=O)(=O)c3c(C)nn(C)c3C)CC2)c(Cl)cc1Cl. The van der Waals surface area contributed by atoms with Gasteiger partial charge in [-0.25, -0.2) is 16.8 Å². The predicted octanol–water partition coefficient (Wildman–Crippen LogP) is 2.74. The Morgan fingerprint density at radius 1 is 0.867 bits per heavy atom. The number of sulfonamides is 2. The Balaban J connectivity index is 1.89. The Bertz CT molecular complexity index is 1190. The molecular weight excluding hydrogens is 471 g/mol.